The van der Waals surface area contributed by atoms with Crippen LogP contribution in [0.2, 0.25) is 0 Å². The Morgan fingerprint density at radius 1 is 1.91 bits per heavy atom. The molecule has 1 aromatic heterocycles. The fraction of sp³-hybridized carbons (Fsp3) is 0.167. The van der Waals surface area contributed by atoms with Crippen molar-refractivity contribution in [1.82, 2.24) is 9.97 Å². The Kier molecular flexibility index (Phi) is 1.88. The third-order valence-electron chi connectivity index (χ3n) is 1.18. The lowest BCUT2D eigenvalue weighted by molar-refractivity contribution is 0.0690. The molecular formula is C6H5N3O2. The SMILES string of the molecule is N#CCc1nc[nH]c1C(=O)O. The van der Waals surface area contributed by atoms with E-state index >= 15 is 0 Å². The summed E-state index contributed by atoms with van der Waals surface area (Å²) in [6.07, 6.45) is 1.28. The number of aromatic nitrogens is 2. The second-order valence-electron chi connectivity index (χ2n) is 1.86. The van der Waals surface area contributed by atoms with Crippen molar-refractivity contribution in [2.24, 2.45) is 0 Å². The molecule has 0 aliphatic rings. The summed E-state index contributed by atoms with van der Waals surface area (Å²) in [6.45, 7) is 0. The molecule has 1 aromatic rings. The van der Waals surface area contributed by atoms with Gasteiger partial charge < -0.3 is 10.1 Å². The minimum absolute atomic E-state index is 0.00782. The van der Waals surface area contributed by atoms with Gasteiger partial charge >= 0.3 is 5.97 Å². The van der Waals surface area contributed by atoms with Gasteiger partial charge in [-0.3, -0.25) is 0 Å². The first-order chi connectivity index (χ1) is 5.25. The van der Waals surface area contributed by atoms with Crippen molar-refractivity contribution in [2.45, 2.75) is 6.42 Å². The van der Waals surface area contributed by atoms with Crippen LogP contribution in [-0.2, 0) is 6.42 Å². The highest BCUT2D eigenvalue weighted by Gasteiger charge is 2.11. The first kappa shape index (κ1) is 7.28. The molecule has 0 aliphatic heterocycles. The molecule has 0 bridgehead atoms. The van der Waals surface area contributed by atoms with Crippen molar-refractivity contribution in [3.63, 3.8) is 0 Å². The van der Waals surface area contributed by atoms with Crippen LogP contribution in [0.15, 0.2) is 6.33 Å². The molecule has 0 aliphatic carbocycles. The molecule has 0 atom stereocenters. The number of H-pyrrole nitrogens is 1. The van der Waals surface area contributed by atoms with Crippen LogP contribution in [0.3, 0.4) is 0 Å². The number of nitriles is 1. The van der Waals surface area contributed by atoms with Crippen LogP contribution in [0.5, 0.6) is 0 Å². The molecule has 1 heterocycles. The lowest BCUT2D eigenvalue weighted by Crippen LogP contribution is -2.01. The van der Waals surface area contributed by atoms with Gasteiger partial charge in [0, 0.05) is 0 Å². The quantitative estimate of drug-likeness (QED) is 0.630. The van der Waals surface area contributed by atoms with E-state index < -0.39 is 5.97 Å². The predicted octanol–water partition coefficient (Wildman–Crippen LogP) is 0.174. The fourth-order valence-electron chi connectivity index (χ4n) is 0.717. The van der Waals surface area contributed by atoms with Crippen molar-refractivity contribution < 1.29 is 9.90 Å². The Morgan fingerprint density at radius 3 is 3.18 bits per heavy atom. The van der Waals surface area contributed by atoms with Gasteiger partial charge in [0.1, 0.15) is 5.69 Å². The lowest BCUT2D eigenvalue weighted by Gasteiger charge is -1.88. The van der Waals surface area contributed by atoms with E-state index in [4.69, 9.17) is 10.4 Å². The minimum atomic E-state index is -1.09. The van der Waals surface area contributed by atoms with Crippen molar-refractivity contribution in [3.8, 4) is 6.07 Å². The van der Waals surface area contributed by atoms with Gasteiger partial charge in [-0.05, 0) is 0 Å². The number of carbonyl (C=O) groups is 1. The number of imidazole rings is 1. The third-order valence-corrected chi connectivity index (χ3v) is 1.18. The summed E-state index contributed by atoms with van der Waals surface area (Å²) in [4.78, 5) is 16.5. The molecule has 2 N–H and O–H groups in total. The number of aromatic carboxylic acids is 1. The zero-order chi connectivity index (χ0) is 8.27. The zero-order valence-corrected chi connectivity index (χ0v) is 5.53. The summed E-state index contributed by atoms with van der Waals surface area (Å²) in [5.74, 6) is -1.09. The van der Waals surface area contributed by atoms with E-state index in [2.05, 4.69) is 9.97 Å². The molecule has 0 saturated heterocycles. The van der Waals surface area contributed by atoms with Crippen molar-refractivity contribution >= 4 is 5.97 Å². The summed E-state index contributed by atoms with van der Waals surface area (Å²) in [5, 5.41) is 16.7. The summed E-state index contributed by atoms with van der Waals surface area (Å²) in [6, 6.07) is 1.82. The molecule has 5 heteroatoms. The second-order valence-corrected chi connectivity index (χ2v) is 1.86. The van der Waals surface area contributed by atoms with Crippen LogP contribution in [0.4, 0.5) is 0 Å². The number of nitrogens with one attached hydrogen (secondary N) is 1. The minimum Gasteiger partial charge on any atom is -0.477 e. The number of nitrogens with zero attached hydrogens (tertiary/aromatic N) is 2. The zero-order valence-electron chi connectivity index (χ0n) is 5.53. The van der Waals surface area contributed by atoms with Crippen molar-refractivity contribution in [3.05, 3.63) is 17.7 Å². The van der Waals surface area contributed by atoms with Gasteiger partial charge in [0.25, 0.3) is 0 Å². The van der Waals surface area contributed by atoms with E-state index in [1.54, 1.807) is 0 Å². The normalized spacial score (nSPS) is 9.00. The Balaban J connectivity index is 2.98. The highest BCUT2D eigenvalue weighted by Crippen LogP contribution is 2.02. The smallest absolute Gasteiger partial charge is 0.354 e. The van der Waals surface area contributed by atoms with Gasteiger partial charge in [0.05, 0.1) is 24.5 Å². The van der Waals surface area contributed by atoms with Gasteiger partial charge in [-0.15, -0.1) is 0 Å². The number of rotatable bonds is 2. The highest BCUT2D eigenvalue weighted by atomic mass is 16.4. The average molecular weight is 151 g/mol. The maximum absolute atomic E-state index is 10.4. The van der Waals surface area contributed by atoms with E-state index in [0.717, 1.165) is 0 Å². The number of hydrogen-bond donors (Lipinski definition) is 2. The Labute approximate surface area is 62.3 Å². The van der Waals surface area contributed by atoms with E-state index in [-0.39, 0.29) is 17.8 Å². The molecule has 0 saturated carbocycles. The maximum Gasteiger partial charge on any atom is 0.354 e. The summed E-state index contributed by atoms with van der Waals surface area (Å²) < 4.78 is 0. The summed E-state index contributed by atoms with van der Waals surface area (Å²) in [7, 11) is 0. The number of carboxylic acids is 1. The van der Waals surface area contributed by atoms with Crippen LogP contribution in [0, 0.1) is 11.3 Å². The van der Waals surface area contributed by atoms with E-state index in [1.807, 2.05) is 6.07 Å². The third kappa shape index (κ3) is 1.35. The Morgan fingerprint density at radius 2 is 2.64 bits per heavy atom. The molecule has 0 aromatic carbocycles. The van der Waals surface area contributed by atoms with E-state index in [1.165, 1.54) is 6.33 Å². The van der Waals surface area contributed by atoms with Crippen LogP contribution < -0.4 is 0 Å². The first-order valence-corrected chi connectivity index (χ1v) is 2.88. The van der Waals surface area contributed by atoms with Crippen molar-refractivity contribution in [2.75, 3.05) is 0 Å². The number of carboxylic acid groups (broad SMARTS) is 1. The largest absolute Gasteiger partial charge is 0.477 e. The molecule has 5 nitrogen and oxygen atoms in total. The molecule has 0 amide bonds. The molecule has 1 rings (SSSR count). The van der Waals surface area contributed by atoms with Gasteiger partial charge in [-0.25, -0.2) is 9.78 Å². The van der Waals surface area contributed by atoms with Gasteiger partial charge in [0.15, 0.2) is 0 Å². The van der Waals surface area contributed by atoms with Crippen LogP contribution >= 0.6 is 0 Å². The summed E-state index contributed by atoms with van der Waals surface area (Å²) >= 11 is 0. The maximum atomic E-state index is 10.4. The molecule has 0 radical (unpaired) electrons. The lowest BCUT2D eigenvalue weighted by atomic mass is 10.2. The monoisotopic (exact) mass is 151 g/mol. The van der Waals surface area contributed by atoms with Crippen molar-refractivity contribution in [1.29, 1.82) is 5.26 Å². The predicted molar refractivity (Wildman–Crippen MR) is 34.9 cm³/mol. The molecule has 0 unspecified atom stereocenters. The van der Waals surface area contributed by atoms with Crippen LogP contribution in [-0.4, -0.2) is 21.0 Å². The first-order valence-electron chi connectivity index (χ1n) is 2.88. The number of hydrogen-bond acceptors (Lipinski definition) is 3. The number of aromatic amines is 1. The molecule has 0 fully saturated rings. The Hall–Kier alpha value is -1.83. The standard InChI is InChI=1S/C6H5N3O2/c7-2-1-4-5(6(10)11)9-3-8-4/h3H,1H2,(H,8,9)(H,10,11). The van der Waals surface area contributed by atoms with Gasteiger partial charge in [-0.2, -0.15) is 5.26 Å². The van der Waals surface area contributed by atoms with E-state index in [0.29, 0.717) is 0 Å². The van der Waals surface area contributed by atoms with E-state index in [9.17, 15) is 4.79 Å². The van der Waals surface area contributed by atoms with Crippen LogP contribution in [0.25, 0.3) is 0 Å². The van der Waals surface area contributed by atoms with Crippen LogP contribution in [0.1, 0.15) is 16.2 Å². The van der Waals surface area contributed by atoms with Gasteiger partial charge in [0.2, 0.25) is 0 Å². The topological polar surface area (TPSA) is 89.8 Å². The molecule has 0 spiro atoms. The highest BCUT2D eigenvalue weighted by molar-refractivity contribution is 5.86. The molecule has 56 valence electrons. The second kappa shape index (κ2) is 2.84. The molecular weight excluding hydrogens is 146 g/mol. The molecule has 11 heavy (non-hydrogen) atoms. The van der Waals surface area contributed by atoms with Gasteiger partial charge in [-0.1, -0.05) is 0 Å². The fourth-order valence-corrected chi connectivity index (χ4v) is 0.717. The Bertz CT molecular complexity index is 310. The average Bonchev–Trinajstić information content (AvgIpc) is 2.36. The summed E-state index contributed by atoms with van der Waals surface area (Å²) in [5.41, 5.74) is 0.270.